The Labute approximate surface area is 126 Å². The lowest BCUT2D eigenvalue weighted by Gasteiger charge is -2.21. The lowest BCUT2D eigenvalue weighted by Crippen LogP contribution is -2.18. The molecular formula is C15H17ClF4O. The Balaban J connectivity index is 2.34. The van der Waals surface area contributed by atoms with Gasteiger partial charge in [-0.25, -0.2) is 4.39 Å². The number of hydrogen-bond acceptors (Lipinski definition) is 1. The summed E-state index contributed by atoms with van der Waals surface area (Å²) in [6.07, 6.45) is -3.36. The summed E-state index contributed by atoms with van der Waals surface area (Å²) in [7, 11) is 0. The van der Waals surface area contributed by atoms with E-state index in [0.29, 0.717) is 18.9 Å². The summed E-state index contributed by atoms with van der Waals surface area (Å²) in [6, 6.07) is 1.50. The third-order valence-corrected chi connectivity index (χ3v) is 4.37. The number of rotatable bonds is 3. The summed E-state index contributed by atoms with van der Waals surface area (Å²) in [4.78, 5) is 0. The first-order valence-electron chi connectivity index (χ1n) is 6.95. The molecule has 3 atom stereocenters. The molecule has 1 aliphatic heterocycles. The predicted molar refractivity (Wildman–Crippen MR) is 72.7 cm³/mol. The standard InChI is InChI=1S/C15H17ClF4O/c1-3-8(2)13-4-5-14(21-13)9-6-12(17)11(16)7-10(9)15(18,19)20/h6-8,13-14H,3-5H2,1-2H3/t8-,13+,14-/m1/s1. The molecule has 0 aliphatic carbocycles. The molecule has 0 bridgehead atoms. The lowest BCUT2D eigenvalue weighted by molar-refractivity contribution is -0.139. The van der Waals surface area contributed by atoms with Crippen molar-refractivity contribution in [2.24, 2.45) is 5.92 Å². The molecule has 1 nitrogen and oxygen atoms in total. The maximum Gasteiger partial charge on any atom is 0.416 e. The Kier molecular flexibility index (Phi) is 4.83. The maximum atomic E-state index is 13.6. The fraction of sp³-hybridized carbons (Fsp3) is 0.600. The molecule has 0 N–H and O–H groups in total. The van der Waals surface area contributed by atoms with Gasteiger partial charge in [0.05, 0.1) is 22.8 Å². The monoisotopic (exact) mass is 324 g/mol. The second kappa shape index (κ2) is 6.13. The molecule has 0 unspecified atom stereocenters. The Morgan fingerprint density at radius 2 is 2.00 bits per heavy atom. The zero-order valence-electron chi connectivity index (χ0n) is 11.8. The van der Waals surface area contributed by atoms with Gasteiger partial charge < -0.3 is 4.74 Å². The van der Waals surface area contributed by atoms with E-state index in [1.165, 1.54) is 0 Å². The Hall–Kier alpha value is -0.810. The summed E-state index contributed by atoms with van der Waals surface area (Å²) < 4.78 is 58.6. The van der Waals surface area contributed by atoms with E-state index in [4.69, 9.17) is 16.3 Å². The van der Waals surface area contributed by atoms with Gasteiger partial charge in [0, 0.05) is 0 Å². The van der Waals surface area contributed by atoms with Gasteiger partial charge in [-0.3, -0.25) is 0 Å². The van der Waals surface area contributed by atoms with E-state index >= 15 is 0 Å². The first-order chi connectivity index (χ1) is 9.74. The second-order valence-electron chi connectivity index (χ2n) is 5.48. The summed E-state index contributed by atoms with van der Waals surface area (Å²) in [5, 5.41) is -0.525. The third-order valence-electron chi connectivity index (χ3n) is 4.08. The van der Waals surface area contributed by atoms with Crippen LogP contribution >= 0.6 is 11.6 Å². The Morgan fingerprint density at radius 3 is 2.57 bits per heavy atom. The topological polar surface area (TPSA) is 9.23 Å². The van der Waals surface area contributed by atoms with Crippen molar-refractivity contribution >= 4 is 11.6 Å². The highest BCUT2D eigenvalue weighted by atomic mass is 35.5. The van der Waals surface area contributed by atoms with Crippen LogP contribution in [0.2, 0.25) is 5.02 Å². The van der Waals surface area contributed by atoms with Gasteiger partial charge in [0.25, 0.3) is 0 Å². The normalized spacial score (nSPS) is 24.3. The van der Waals surface area contributed by atoms with E-state index < -0.39 is 28.7 Å². The Bertz CT molecular complexity index is 515. The van der Waals surface area contributed by atoms with Crippen LogP contribution in [0.4, 0.5) is 17.6 Å². The van der Waals surface area contributed by atoms with E-state index in [1.54, 1.807) is 0 Å². The van der Waals surface area contributed by atoms with Crippen LogP contribution in [-0.2, 0) is 10.9 Å². The molecule has 2 rings (SSSR count). The van der Waals surface area contributed by atoms with Gasteiger partial charge in [0.2, 0.25) is 0 Å². The molecule has 0 saturated carbocycles. The number of halogens is 5. The van der Waals surface area contributed by atoms with Crippen LogP contribution in [0.15, 0.2) is 12.1 Å². The average molecular weight is 325 g/mol. The minimum atomic E-state index is -4.58. The van der Waals surface area contributed by atoms with Crippen LogP contribution in [0.1, 0.15) is 50.3 Å². The van der Waals surface area contributed by atoms with Crippen molar-refractivity contribution in [1.82, 2.24) is 0 Å². The number of benzene rings is 1. The fourth-order valence-corrected chi connectivity index (χ4v) is 2.81. The molecule has 1 fully saturated rings. The summed E-state index contributed by atoms with van der Waals surface area (Å²) in [6.45, 7) is 4.00. The van der Waals surface area contributed by atoms with E-state index in [0.717, 1.165) is 12.5 Å². The van der Waals surface area contributed by atoms with E-state index in [-0.39, 0.29) is 17.6 Å². The van der Waals surface area contributed by atoms with Crippen molar-refractivity contribution in [1.29, 1.82) is 0 Å². The zero-order valence-corrected chi connectivity index (χ0v) is 12.6. The molecule has 0 radical (unpaired) electrons. The molecule has 21 heavy (non-hydrogen) atoms. The van der Waals surface area contributed by atoms with Crippen LogP contribution in [-0.4, -0.2) is 6.10 Å². The van der Waals surface area contributed by atoms with Crippen molar-refractivity contribution in [3.8, 4) is 0 Å². The zero-order chi connectivity index (χ0) is 15.8. The smallest absolute Gasteiger partial charge is 0.370 e. The van der Waals surface area contributed by atoms with Crippen molar-refractivity contribution < 1.29 is 22.3 Å². The molecule has 1 aliphatic rings. The summed E-state index contributed by atoms with van der Waals surface area (Å²) >= 11 is 5.48. The maximum absolute atomic E-state index is 13.6. The van der Waals surface area contributed by atoms with Gasteiger partial charge in [-0.1, -0.05) is 31.9 Å². The minimum absolute atomic E-state index is 0.0835. The Morgan fingerprint density at radius 1 is 1.33 bits per heavy atom. The van der Waals surface area contributed by atoms with E-state index in [9.17, 15) is 17.6 Å². The number of alkyl halides is 3. The van der Waals surface area contributed by atoms with Gasteiger partial charge in [-0.2, -0.15) is 13.2 Å². The van der Waals surface area contributed by atoms with Crippen molar-refractivity contribution in [2.45, 2.75) is 51.5 Å². The van der Waals surface area contributed by atoms with Crippen molar-refractivity contribution in [3.05, 3.63) is 34.1 Å². The van der Waals surface area contributed by atoms with Crippen LogP contribution in [0.3, 0.4) is 0 Å². The molecule has 1 heterocycles. The fourth-order valence-electron chi connectivity index (χ4n) is 2.65. The second-order valence-corrected chi connectivity index (χ2v) is 5.88. The first kappa shape index (κ1) is 16.6. The first-order valence-corrected chi connectivity index (χ1v) is 7.33. The molecule has 6 heteroatoms. The average Bonchev–Trinajstić information content (AvgIpc) is 2.88. The third kappa shape index (κ3) is 3.51. The molecule has 0 spiro atoms. The van der Waals surface area contributed by atoms with Gasteiger partial charge >= 0.3 is 6.18 Å². The van der Waals surface area contributed by atoms with Crippen LogP contribution in [0.25, 0.3) is 0 Å². The van der Waals surface area contributed by atoms with Crippen molar-refractivity contribution in [2.75, 3.05) is 0 Å². The highest BCUT2D eigenvalue weighted by molar-refractivity contribution is 6.30. The molecule has 1 aromatic carbocycles. The summed E-state index contributed by atoms with van der Waals surface area (Å²) in [5.41, 5.74) is -1.07. The van der Waals surface area contributed by atoms with Crippen LogP contribution in [0.5, 0.6) is 0 Å². The highest BCUT2D eigenvalue weighted by Gasteiger charge is 2.39. The van der Waals surface area contributed by atoms with Crippen molar-refractivity contribution in [3.63, 3.8) is 0 Å². The molecule has 1 aromatic rings. The molecule has 118 valence electrons. The SMILES string of the molecule is CC[C@@H](C)[C@@H]1CC[C@H](c2cc(F)c(Cl)cc2C(F)(F)F)O1. The molecular weight excluding hydrogens is 308 g/mol. The van der Waals surface area contributed by atoms with E-state index in [2.05, 4.69) is 0 Å². The van der Waals surface area contributed by atoms with E-state index in [1.807, 2.05) is 13.8 Å². The van der Waals surface area contributed by atoms with Gasteiger partial charge in [-0.05, 0) is 36.5 Å². The number of ether oxygens (including phenoxy) is 1. The van der Waals surface area contributed by atoms with Gasteiger partial charge in [0.1, 0.15) is 5.82 Å². The van der Waals surface area contributed by atoms with Gasteiger partial charge in [-0.15, -0.1) is 0 Å². The van der Waals surface area contributed by atoms with Crippen LogP contribution < -0.4 is 0 Å². The van der Waals surface area contributed by atoms with Crippen LogP contribution in [0, 0.1) is 11.7 Å². The summed E-state index contributed by atoms with van der Waals surface area (Å²) in [5.74, 6) is -0.586. The van der Waals surface area contributed by atoms with Gasteiger partial charge in [0.15, 0.2) is 0 Å². The predicted octanol–water partition coefficient (Wildman–Crippen LogP) is 5.76. The molecule has 0 amide bonds. The molecule has 1 saturated heterocycles. The minimum Gasteiger partial charge on any atom is -0.370 e. The number of hydrogen-bond donors (Lipinski definition) is 0. The molecule has 0 aromatic heterocycles. The lowest BCUT2D eigenvalue weighted by atomic mass is 9.97. The highest BCUT2D eigenvalue weighted by Crippen LogP contribution is 2.43. The largest absolute Gasteiger partial charge is 0.416 e. The quantitative estimate of drug-likeness (QED) is 0.642.